The van der Waals surface area contributed by atoms with E-state index in [-0.39, 0.29) is 10.8 Å². The van der Waals surface area contributed by atoms with Gasteiger partial charge < -0.3 is 4.74 Å². The molecule has 0 heterocycles. The monoisotopic (exact) mass is 234 g/mol. The minimum Gasteiger partial charge on any atom is -0.497 e. The average Bonchev–Trinajstić information content (AvgIpc) is 2.14. The number of hydrogen-bond acceptors (Lipinski definition) is 1. The van der Waals surface area contributed by atoms with E-state index in [1.54, 1.807) is 7.11 Å². The maximum absolute atomic E-state index is 5.44. The van der Waals surface area contributed by atoms with Crippen molar-refractivity contribution in [2.45, 2.75) is 59.3 Å². The van der Waals surface area contributed by atoms with Crippen LogP contribution in [0.4, 0.5) is 0 Å². The van der Waals surface area contributed by atoms with Crippen LogP contribution in [-0.4, -0.2) is 7.11 Å². The second-order valence-electron chi connectivity index (χ2n) is 6.85. The van der Waals surface area contributed by atoms with Crippen molar-refractivity contribution in [3.8, 4) is 5.75 Å². The topological polar surface area (TPSA) is 9.23 Å². The van der Waals surface area contributed by atoms with Gasteiger partial charge in [0, 0.05) is 0 Å². The first-order chi connectivity index (χ1) is 7.57. The van der Waals surface area contributed by atoms with E-state index in [0.717, 1.165) is 5.75 Å². The van der Waals surface area contributed by atoms with Crippen LogP contribution in [0.2, 0.25) is 0 Å². The summed E-state index contributed by atoms with van der Waals surface area (Å²) < 4.78 is 5.44. The Labute approximate surface area is 106 Å². The number of hydrogen-bond donors (Lipinski definition) is 0. The lowest BCUT2D eigenvalue weighted by Crippen LogP contribution is -2.19. The van der Waals surface area contributed by atoms with Crippen LogP contribution in [0.1, 0.15) is 58.2 Å². The predicted molar refractivity (Wildman–Crippen MR) is 75.1 cm³/mol. The third kappa shape index (κ3) is 3.02. The summed E-state index contributed by atoms with van der Waals surface area (Å²) in [6, 6.07) is 4.34. The third-order valence-electron chi connectivity index (χ3n) is 3.23. The molecule has 96 valence electrons. The van der Waals surface area contributed by atoms with Crippen LogP contribution >= 0.6 is 0 Å². The number of ether oxygens (including phenoxy) is 1. The fraction of sp³-hybridized carbons (Fsp3) is 0.625. The summed E-state index contributed by atoms with van der Waals surface area (Å²) in [5, 5.41) is 0. The molecule has 0 saturated carbocycles. The smallest absolute Gasteiger partial charge is 0.119 e. The summed E-state index contributed by atoms with van der Waals surface area (Å²) in [7, 11) is 1.74. The van der Waals surface area contributed by atoms with E-state index in [9.17, 15) is 0 Å². The van der Waals surface area contributed by atoms with Crippen LogP contribution in [0.25, 0.3) is 0 Å². The fourth-order valence-corrected chi connectivity index (χ4v) is 2.36. The summed E-state index contributed by atoms with van der Waals surface area (Å²) in [6.45, 7) is 15.7. The molecule has 1 nitrogen and oxygen atoms in total. The Bertz CT molecular complexity index is 368. The van der Waals surface area contributed by atoms with Crippen molar-refractivity contribution < 1.29 is 4.74 Å². The zero-order valence-corrected chi connectivity index (χ0v) is 12.6. The Hall–Kier alpha value is -0.980. The minimum absolute atomic E-state index is 0.151. The van der Waals surface area contributed by atoms with Crippen LogP contribution < -0.4 is 4.74 Å². The van der Waals surface area contributed by atoms with Gasteiger partial charge in [-0.05, 0) is 46.6 Å². The van der Waals surface area contributed by atoms with Gasteiger partial charge in [-0.25, -0.2) is 0 Å². The second kappa shape index (κ2) is 4.36. The van der Waals surface area contributed by atoms with E-state index in [0.29, 0.717) is 0 Å². The van der Waals surface area contributed by atoms with Gasteiger partial charge >= 0.3 is 0 Å². The van der Waals surface area contributed by atoms with Gasteiger partial charge in [0.15, 0.2) is 0 Å². The third-order valence-corrected chi connectivity index (χ3v) is 3.23. The zero-order chi connectivity index (χ0) is 13.4. The highest BCUT2D eigenvalue weighted by Gasteiger charge is 2.24. The summed E-state index contributed by atoms with van der Waals surface area (Å²) in [6.07, 6.45) is 0. The van der Waals surface area contributed by atoms with Crippen LogP contribution in [-0.2, 0) is 10.8 Å². The van der Waals surface area contributed by atoms with Crippen LogP contribution in [0.3, 0.4) is 0 Å². The van der Waals surface area contributed by atoms with Crippen molar-refractivity contribution in [2.24, 2.45) is 0 Å². The molecule has 1 heteroatoms. The Kier molecular flexibility index (Phi) is 3.61. The Morgan fingerprint density at radius 2 is 1.18 bits per heavy atom. The van der Waals surface area contributed by atoms with Crippen molar-refractivity contribution in [1.29, 1.82) is 0 Å². The SMILES string of the molecule is COc1cc(C(C)(C)C)c(C)c(C(C)(C)C)c1. The molecule has 0 amide bonds. The van der Waals surface area contributed by atoms with Gasteiger partial charge in [0.2, 0.25) is 0 Å². The highest BCUT2D eigenvalue weighted by Crippen LogP contribution is 2.36. The molecule has 0 N–H and O–H groups in total. The molecule has 0 spiro atoms. The maximum Gasteiger partial charge on any atom is 0.119 e. The predicted octanol–water partition coefficient (Wildman–Crippen LogP) is 4.60. The van der Waals surface area contributed by atoms with Gasteiger partial charge in [-0.15, -0.1) is 0 Å². The first kappa shape index (κ1) is 14.1. The van der Waals surface area contributed by atoms with Gasteiger partial charge in [0.25, 0.3) is 0 Å². The van der Waals surface area contributed by atoms with Crippen LogP contribution in [0.15, 0.2) is 12.1 Å². The number of rotatable bonds is 1. The van der Waals surface area contributed by atoms with Crippen molar-refractivity contribution >= 4 is 0 Å². The summed E-state index contributed by atoms with van der Waals surface area (Å²) in [5.74, 6) is 0.963. The normalized spacial score (nSPS) is 12.7. The van der Waals surface area contributed by atoms with E-state index in [2.05, 4.69) is 60.6 Å². The minimum atomic E-state index is 0.151. The molecule has 17 heavy (non-hydrogen) atoms. The van der Waals surface area contributed by atoms with Crippen LogP contribution in [0, 0.1) is 6.92 Å². The van der Waals surface area contributed by atoms with Crippen LogP contribution in [0.5, 0.6) is 5.75 Å². The molecule has 0 fully saturated rings. The van der Waals surface area contributed by atoms with Crippen molar-refractivity contribution in [1.82, 2.24) is 0 Å². The summed E-state index contributed by atoms with van der Waals surface area (Å²) in [5.41, 5.74) is 4.45. The number of benzene rings is 1. The van der Waals surface area contributed by atoms with E-state index in [1.807, 2.05) is 0 Å². The molecule has 1 aromatic carbocycles. The average molecular weight is 234 g/mol. The summed E-state index contributed by atoms with van der Waals surface area (Å²) in [4.78, 5) is 0. The molecule has 0 atom stereocenters. The lowest BCUT2D eigenvalue weighted by atomic mass is 9.76. The Morgan fingerprint density at radius 3 is 1.41 bits per heavy atom. The van der Waals surface area contributed by atoms with E-state index >= 15 is 0 Å². The molecule has 0 radical (unpaired) electrons. The molecule has 1 aromatic rings. The Morgan fingerprint density at radius 1 is 0.824 bits per heavy atom. The highest BCUT2D eigenvalue weighted by atomic mass is 16.5. The molecular weight excluding hydrogens is 208 g/mol. The first-order valence-corrected chi connectivity index (χ1v) is 6.27. The maximum atomic E-state index is 5.44. The summed E-state index contributed by atoms with van der Waals surface area (Å²) >= 11 is 0. The van der Waals surface area contributed by atoms with E-state index in [4.69, 9.17) is 4.74 Å². The van der Waals surface area contributed by atoms with Crippen molar-refractivity contribution in [2.75, 3.05) is 7.11 Å². The molecule has 0 aromatic heterocycles. The molecule has 0 unspecified atom stereocenters. The molecular formula is C16H26O. The fourth-order valence-electron chi connectivity index (χ4n) is 2.36. The van der Waals surface area contributed by atoms with Gasteiger partial charge in [-0.2, -0.15) is 0 Å². The standard InChI is InChI=1S/C16H26O/c1-11-13(15(2,3)4)9-12(17-8)10-14(11)16(5,6)7/h9-10H,1-8H3. The molecule has 0 aliphatic heterocycles. The van der Waals surface area contributed by atoms with E-state index < -0.39 is 0 Å². The second-order valence-corrected chi connectivity index (χ2v) is 6.85. The van der Waals surface area contributed by atoms with Gasteiger partial charge in [0.05, 0.1) is 7.11 Å². The molecule has 1 rings (SSSR count). The van der Waals surface area contributed by atoms with Gasteiger partial charge in [0.1, 0.15) is 5.75 Å². The first-order valence-electron chi connectivity index (χ1n) is 6.27. The van der Waals surface area contributed by atoms with Crippen molar-refractivity contribution in [3.05, 3.63) is 28.8 Å². The number of methoxy groups -OCH3 is 1. The van der Waals surface area contributed by atoms with E-state index in [1.165, 1.54) is 16.7 Å². The lowest BCUT2D eigenvalue weighted by molar-refractivity contribution is 0.409. The molecule has 0 bridgehead atoms. The lowest BCUT2D eigenvalue weighted by Gasteiger charge is -2.29. The molecule has 0 aliphatic rings. The molecule has 0 aliphatic carbocycles. The van der Waals surface area contributed by atoms with Gasteiger partial charge in [-0.3, -0.25) is 0 Å². The Balaban J connectivity index is 3.53. The van der Waals surface area contributed by atoms with Crippen molar-refractivity contribution in [3.63, 3.8) is 0 Å². The highest BCUT2D eigenvalue weighted by molar-refractivity contribution is 5.47. The largest absolute Gasteiger partial charge is 0.497 e. The van der Waals surface area contributed by atoms with Gasteiger partial charge in [-0.1, -0.05) is 41.5 Å². The quantitative estimate of drug-likeness (QED) is 0.690. The molecule has 0 saturated heterocycles. The zero-order valence-electron chi connectivity index (χ0n) is 12.6.